The van der Waals surface area contributed by atoms with Gasteiger partial charge in [0.25, 0.3) is 0 Å². The van der Waals surface area contributed by atoms with E-state index in [0.29, 0.717) is 4.31 Å². The normalized spacial score (nSPS) is 28.8. The predicted octanol–water partition coefficient (Wildman–Crippen LogP) is -0.370. The monoisotopic (exact) mass is 181 g/mol. The molecule has 0 aromatic heterocycles. The molecule has 0 aromatic rings. The van der Waals surface area contributed by atoms with Gasteiger partial charge in [0.1, 0.15) is 0 Å². The highest BCUT2D eigenvalue weighted by Crippen LogP contribution is 2.17. The zero-order valence-corrected chi connectivity index (χ0v) is 6.54. The summed E-state index contributed by atoms with van der Waals surface area (Å²) >= 11 is 0. The topological polar surface area (TPSA) is 83.9 Å². The molecule has 0 saturated carbocycles. The smallest absolute Gasteiger partial charge is 0.423 e. The van der Waals surface area contributed by atoms with Crippen molar-refractivity contribution in [2.75, 3.05) is 6.61 Å². The second kappa shape index (κ2) is 2.35. The van der Waals surface area contributed by atoms with Crippen molar-refractivity contribution in [3.05, 3.63) is 0 Å². The number of hydrogen-bond donors (Lipinski definition) is 1. The Kier molecular flexibility index (Phi) is 1.77. The van der Waals surface area contributed by atoms with Gasteiger partial charge in [0.2, 0.25) is 0 Å². The van der Waals surface area contributed by atoms with Crippen LogP contribution in [0.5, 0.6) is 0 Å². The second-order valence-corrected chi connectivity index (χ2v) is 3.65. The SMILES string of the molecule is CC1COS(=O)(=O)N1C(=O)O. The minimum absolute atomic E-state index is 0.103. The Balaban J connectivity index is 2.99. The van der Waals surface area contributed by atoms with Crippen LogP contribution in [0.15, 0.2) is 0 Å². The van der Waals surface area contributed by atoms with Crippen molar-refractivity contribution in [2.45, 2.75) is 13.0 Å². The average molecular weight is 181 g/mol. The highest BCUT2D eigenvalue weighted by atomic mass is 32.2. The van der Waals surface area contributed by atoms with E-state index in [1.807, 2.05) is 0 Å². The first-order valence-electron chi connectivity index (χ1n) is 2.87. The lowest BCUT2D eigenvalue weighted by molar-refractivity contribution is 0.167. The van der Waals surface area contributed by atoms with Crippen molar-refractivity contribution in [1.82, 2.24) is 4.31 Å². The third-order valence-corrected chi connectivity index (χ3v) is 2.72. The molecule has 1 atom stereocenters. The first-order chi connectivity index (χ1) is 4.95. The number of carboxylic acid groups (broad SMARTS) is 1. The first kappa shape index (κ1) is 8.28. The molecule has 1 N–H and O–H groups in total. The van der Waals surface area contributed by atoms with E-state index in [-0.39, 0.29) is 6.61 Å². The number of nitrogens with zero attached hydrogens (tertiary/aromatic N) is 1. The van der Waals surface area contributed by atoms with Crippen LogP contribution in [0.4, 0.5) is 4.79 Å². The molecule has 1 heterocycles. The molecular weight excluding hydrogens is 174 g/mol. The number of amides is 1. The minimum atomic E-state index is -4.00. The van der Waals surface area contributed by atoms with Gasteiger partial charge in [-0.3, -0.25) is 4.18 Å². The molecular formula is C4H7NO5S. The Morgan fingerprint density at radius 2 is 2.27 bits per heavy atom. The summed E-state index contributed by atoms with van der Waals surface area (Å²) in [4.78, 5) is 10.3. The number of hydrogen-bond acceptors (Lipinski definition) is 4. The van der Waals surface area contributed by atoms with Crippen molar-refractivity contribution >= 4 is 16.4 Å². The van der Waals surface area contributed by atoms with Gasteiger partial charge in [0.05, 0.1) is 12.6 Å². The van der Waals surface area contributed by atoms with Crippen LogP contribution in [0.2, 0.25) is 0 Å². The van der Waals surface area contributed by atoms with Gasteiger partial charge in [0, 0.05) is 0 Å². The lowest BCUT2D eigenvalue weighted by Crippen LogP contribution is -2.36. The molecule has 11 heavy (non-hydrogen) atoms. The van der Waals surface area contributed by atoms with Gasteiger partial charge in [-0.25, -0.2) is 4.79 Å². The molecule has 0 aliphatic carbocycles. The highest BCUT2D eigenvalue weighted by molar-refractivity contribution is 7.85. The zero-order valence-electron chi connectivity index (χ0n) is 5.72. The lowest BCUT2D eigenvalue weighted by Gasteiger charge is -2.11. The molecule has 64 valence electrons. The van der Waals surface area contributed by atoms with Gasteiger partial charge in [0.15, 0.2) is 0 Å². The molecule has 1 amide bonds. The Morgan fingerprint density at radius 3 is 2.45 bits per heavy atom. The Morgan fingerprint density at radius 1 is 1.73 bits per heavy atom. The van der Waals surface area contributed by atoms with Gasteiger partial charge in [-0.1, -0.05) is 0 Å². The van der Waals surface area contributed by atoms with Crippen LogP contribution in [0.3, 0.4) is 0 Å². The molecule has 1 rings (SSSR count). The Hall–Kier alpha value is -0.820. The number of rotatable bonds is 0. The van der Waals surface area contributed by atoms with Crippen LogP contribution >= 0.6 is 0 Å². The van der Waals surface area contributed by atoms with Crippen molar-refractivity contribution < 1.29 is 22.5 Å². The molecule has 1 aliphatic rings. The van der Waals surface area contributed by atoms with E-state index in [1.54, 1.807) is 0 Å². The molecule has 7 heteroatoms. The summed E-state index contributed by atoms with van der Waals surface area (Å²) in [5.74, 6) is 0. The maximum Gasteiger partial charge on any atom is 0.423 e. The largest absolute Gasteiger partial charge is 0.464 e. The molecule has 6 nitrogen and oxygen atoms in total. The van der Waals surface area contributed by atoms with Gasteiger partial charge >= 0.3 is 16.4 Å². The van der Waals surface area contributed by atoms with Crippen LogP contribution in [0.1, 0.15) is 6.92 Å². The summed E-state index contributed by atoms with van der Waals surface area (Å²) in [6, 6.07) is -0.627. The molecule has 0 radical (unpaired) electrons. The quantitative estimate of drug-likeness (QED) is 0.551. The Labute approximate surface area is 63.6 Å². The maximum atomic E-state index is 10.7. The van der Waals surface area contributed by atoms with Crippen molar-refractivity contribution in [3.63, 3.8) is 0 Å². The zero-order chi connectivity index (χ0) is 8.65. The van der Waals surface area contributed by atoms with Crippen LogP contribution in [-0.2, 0) is 14.5 Å². The van der Waals surface area contributed by atoms with Gasteiger partial charge in [-0.15, -0.1) is 0 Å². The van der Waals surface area contributed by atoms with E-state index in [4.69, 9.17) is 5.11 Å². The van der Waals surface area contributed by atoms with Crippen molar-refractivity contribution in [3.8, 4) is 0 Å². The molecule has 0 bridgehead atoms. The van der Waals surface area contributed by atoms with Crippen LogP contribution in [-0.4, -0.2) is 36.6 Å². The summed E-state index contributed by atoms with van der Waals surface area (Å²) in [6.45, 7) is 1.35. The fourth-order valence-corrected chi connectivity index (χ4v) is 1.99. The van der Waals surface area contributed by atoms with E-state index in [1.165, 1.54) is 6.92 Å². The van der Waals surface area contributed by atoms with E-state index >= 15 is 0 Å². The van der Waals surface area contributed by atoms with Crippen molar-refractivity contribution in [2.24, 2.45) is 0 Å². The van der Waals surface area contributed by atoms with Crippen LogP contribution < -0.4 is 0 Å². The first-order valence-corrected chi connectivity index (χ1v) is 4.23. The maximum absolute atomic E-state index is 10.7. The summed E-state index contributed by atoms with van der Waals surface area (Å²) < 4.78 is 26.0. The molecule has 1 unspecified atom stereocenters. The lowest BCUT2D eigenvalue weighted by atomic mass is 10.4. The van der Waals surface area contributed by atoms with Gasteiger partial charge in [-0.05, 0) is 6.92 Å². The van der Waals surface area contributed by atoms with E-state index in [2.05, 4.69) is 4.18 Å². The van der Waals surface area contributed by atoms with Crippen LogP contribution in [0.25, 0.3) is 0 Å². The van der Waals surface area contributed by atoms with Crippen molar-refractivity contribution in [1.29, 1.82) is 0 Å². The summed E-state index contributed by atoms with van der Waals surface area (Å²) in [7, 11) is -4.00. The molecule has 1 aliphatic heterocycles. The molecule has 1 saturated heterocycles. The average Bonchev–Trinajstić information content (AvgIpc) is 2.06. The minimum Gasteiger partial charge on any atom is -0.464 e. The second-order valence-electron chi connectivity index (χ2n) is 2.17. The van der Waals surface area contributed by atoms with E-state index < -0.39 is 22.4 Å². The molecule has 0 aromatic carbocycles. The van der Waals surface area contributed by atoms with Gasteiger partial charge < -0.3 is 5.11 Å². The van der Waals surface area contributed by atoms with Crippen LogP contribution in [0, 0.1) is 0 Å². The molecule has 1 fully saturated rings. The predicted molar refractivity (Wildman–Crippen MR) is 34.2 cm³/mol. The summed E-state index contributed by atoms with van der Waals surface area (Å²) in [6.07, 6.45) is -1.50. The highest BCUT2D eigenvalue weighted by Gasteiger charge is 2.39. The fourth-order valence-electron chi connectivity index (χ4n) is 0.813. The summed E-state index contributed by atoms with van der Waals surface area (Å²) in [5, 5.41) is 8.39. The Bertz CT molecular complexity index is 270. The van der Waals surface area contributed by atoms with E-state index in [0.717, 1.165) is 0 Å². The third-order valence-electron chi connectivity index (χ3n) is 1.29. The van der Waals surface area contributed by atoms with Gasteiger partial charge in [-0.2, -0.15) is 12.7 Å². The van der Waals surface area contributed by atoms with E-state index in [9.17, 15) is 13.2 Å². The standard InChI is InChI=1S/C4H7NO5S/c1-3-2-10-11(8,9)5(3)4(6)7/h3H,2H2,1H3,(H,6,7). The summed E-state index contributed by atoms with van der Waals surface area (Å²) in [5.41, 5.74) is 0. The molecule has 0 spiro atoms. The number of carbonyl (C=O) groups is 1. The third kappa shape index (κ3) is 1.29. The fraction of sp³-hybridized carbons (Fsp3) is 0.750.